The number of nitrogens with zero attached hydrogens (tertiary/aromatic N) is 1. The highest BCUT2D eigenvalue weighted by molar-refractivity contribution is 5.73. The van der Waals surface area contributed by atoms with Crippen LogP contribution in [0.5, 0.6) is 0 Å². The van der Waals surface area contributed by atoms with Crippen LogP contribution in [0.25, 0.3) is 0 Å². The molecule has 2 aliphatic rings. The molecule has 0 aromatic carbocycles. The van der Waals surface area contributed by atoms with E-state index in [9.17, 15) is 9.90 Å². The van der Waals surface area contributed by atoms with Gasteiger partial charge >= 0.3 is 5.97 Å². The fourth-order valence-electron chi connectivity index (χ4n) is 3.92. The number of esters is 1. The van der Waals surface area contributed by atoms with E-state index in [1.807, 2.05) is 18.2 Å². The predicted octanol–water partition coefficient (Wildman–Crippen LogP) is 3.46. The highest BCUT2D eigenvalue weighted by atomic mass is 16.5. The Labute approximate surface area is 158 Å². The second-order valence-corrected chi connectivity index (χ2v) is 7.24. The lowest BCUT2D eigenvalue weighted by Gasteiger charge is -2.41. The molecule has 0 radical (unpaired) electrons. The number of ether oxygens (including phenoxy) is 1. The van der Waals surface area contributed by atoms with Gasteiger partial charge in [0.2, 0.25) is 0 Å². The Kier molecular flexibility index (Phi) is 8.41. The van der Waals surface area contributed by atoms with Gasteiger partial charge in [-0.2, -0.15) is 0 Å². The zero-order valence-corrected chi connectivity index (χ0v) is 16.3. The number of hydrogen-bond acceptors (Lipinski definition) is 4. The quantitative estimate of drug-likeness (QED) is 0.559. The van der Waals surface area contributed by atoms with Gasteiger partial charge in [0.25, 0.3) is 0 Å². The van der Waals surface area contributed by atoms with Crippen molar-refractivity contribution in [3.8, 4) is 11.8 Å². The lowest BCUT2D eigenvalue weighted by atomic mass is 9.69. The highest BCUT2D eigenvalue weighted by Gasteiger charge is 2.41. The third-order valence-electron chi connectivity index (χ3n) is 5.66. The SMILES string of the molecule is CCN(CC)CC#CCOC(=O)CC1=CC=CCC1(O)C1CCCCC1. The van der Waals surface area contributed by atoms with Crippen LogP contribution in [0.4, 0.5) is 0 Å². The molecular weight excluding hydrogens is 326 g/mol. The molecule has 0 heterocycles. The maximum absolute atomic E-state index is 12.2. The Hall–Kier alpha value is -1.57. The zero-order valence-electron chi connectivity index (χ0n) is 16.3. The van der Waals surface area contributed by atoms with Gasteiger partial charge in [-0.25, -0.2) is 0 Å². The van der Waals surface area contributed by atoms with E-state index in [0.29, 0.717) is 13.0 Å². The molecule has 4 heteroatoms. The minimum absolute atomic E-state index is 0.116. The first-order valence-electron chi connectivity index (χ1n) is 10.0. The average molecular weight is 360 g/mol. The van der Waals surface area contributed by atoms with Crippen LogP contribution in [0.15, 0.2) is 23.8 Å². The summed E-state index contributed by atoms with van der Waals surface area (Å²) in [6.07, 6.45) is 12.2. The first-order valence-corrected chi connectivity index (χ1v) is 10.0. The number of carbonyl (C=O) groups excluding carboxylic acids is 1. The minimum atomic E-state index is -0.886. The van der Waals surface area contributed by atoms with Crippen LogP contribution >= 0.6 is 0 Å². The van der Waals surface area contributed by atoms with Gasteiger partial charge in [0, 0.05) is 0 Å². The van der Waals surface area contributed by atoms with Gasteiger partial charge in [0.1, 0.15) is 0 Å². The molecule has 0 spiro atoms. The summed E-state index contributed by atoms with van der Waals surface area (Å²) in [5, 5.41) is 11.3. The molecule has 0 aromatic rings. The first-order chi connectivity index (χ1) is 12.6. The molecule has 1 N–H and O–H groups in total. The number of allylic oxidation sites excluding steroid dienone is 2. The van der Waals surface area contributed by atoms with Gasteiger partial charge in [0.05, 0.1) is 18.6 Å². The Balaban J connectivity index is 1.85. The maximum Gasteiger partial charge on any atom is 0.310 e. The summed E-state index contributed by atoms with van der Waals surface area (Å²) in [4.78, 5) is 14.4. The van der Waals surface area contributed by atoms with Crippen molar-refractivity contribution in [3.05, 3.63) is 23.8 Å². The number of aliphatic hydroxyl groups is 1. The van der Waals surface area contributed by atoms with Gasteiger partial charge in [-0.15, -0.1) is 0 Å². The molecule has 0 aromatic heterocycles. The number of hydrogen-bond donors (Lipinski definition) is 1. The molecule has 26 heavy (non-hydrogen) atoms. The van der Waals surface area contributed by atoms with Crippen molar-refractivity contribution in [3.63, 3.8) is 0 Å². The normalized spacial score (nSPS) is 23.3. The molecule has 0 bridgehead atoms. The van der Waals surface area contributed by atoms with E-state index in [2.05, 4.69) is 30.6 Å². The van der Waals surface area contributed by atoms with Crippen molar-refractivity contribution in [1.29, 1.82) is 0 Å². The van der Waals surface area contributed by atoms with Gasteiger partial charge in [-0.05, 0) is 43.8 Å². The highest BCUT2D eigenvalue weighted by Crippen LogP contribution is 2.42. The summed E-state index contributed by atoms with van der Waals surface area (Å²) in [6.45, 7) is 6.95. The van der Waals surface area contributed by atoms with Crippen molar-refractivity contribution in [2.45, 2.75) is 64.4 Å². The molecule has 1 atom stereocenters. The molecule has 1 unspecified atom stereocenters. The topological polar surface area (TPSA) is 49.8 Å². The molecule has 2 aliphatic carbocycles. The fourth-order valence-corrected chi connectivity index (χ4v) is 3.92. The summed E-state index contributed by atoms with van der Waals surface area (Å²) in [7, 11) is 0. The van der Waals surface area contributed by atoms with E-state index < -0.39 is 5.60 Å². The lowest BCUT2D eigenvalue weighted by molar-refractivity contribution is -0.142. The first kappa shape index (κ1) is 20.7. The molecular formula is C22H33NO3. The Morgan fingerprint density at radius 1 is 1.27 bits per heavy atom. The zero-order chi connectivity index (χ0) is 18.8. The van der Waals surface area contributed by atoms with E-state index in [-0.39, 0.29) is 24.9 Å². The van der Waals surface area contributed by atoms with Crippen molar-refractivity contribution in [2.75, 3.05) is 26.2 Å². The summed E-state index contributed by atoms with van der Waals surface area (Å²) in [5.74, 6) is 5.88. The third kappa shape index (κ3) is 5.72. The van der Waals surface area contributed by atoms with Gasteiger partial charge < -0.3 is 9.84 Å². The molecule has 0 aliphatic heterocycles. The molecule has 1 fully saturated rings. The summed E-state index contributed by atoms with van der Waals surface area (Å²) >= 11 is 0. The fraction of sp³-hybridized carbons (Fsp3) is 0.682. The van der Waals surface area contributed by atoms with Gasteiger partial charge in [-0.3, -0.25) is 9.69 Å². The van der Waals surface area contributed by atoms with Crippen molar-refractivity contribution >= 4 is 5.97 Å². The molecule has 2 rings (SSSR count). The molecule has 0 saturated heterocycles. The Morgan fingerprint density at radius 2 is 2.00 bits per heavy atom. The van der Waals surface area contributed by atoms with Crippen LogP contribution in [0.1, 0.15) is 58.8 Å². The Morgan fingerprint density at radius 3 is 2.69 bits per heavy atom. The van der Waals surface area contributed by atoms with Crippen LogP contribution in [0, 0.1) is 17.8 Å². The summed E-state index contributed by atoms with van der Waals surface area (Å²) in [5.41, 5.74) is -0.0872. The predicted molar refractivity (Wildman–Crippen MR) is 105 cm³/mol. The standard InChI is InChI=1S/C22H33NO3/c1-3-23(4-2)16-10-11-17-26-21(24)18-20-14-8-9-15-22(20,25)19-12-6-5-7-13-19/h8-9,14,19,25H,3-7,12-13,15-18H2,1-2H3. The smallest absolute Gasteiger partial charge is 0.310 e. The van der Waals surface area contributed by atoms with E-state index in [1.165, 1.54) is 6.42 Å². The Bertz CT molecular complexity index is 574. The van der Waals surface area contributed by atoms with Crippen LogP contribution in [-0.2, 0) is 9.53 Å². The molecule has 0 amide bonds. The minimum Gasteiger partial charge on any atom is -0.452 e. The van der Waals surface area contributed by atoms with E-state index in [1.54, 1.807) is 0 Å². The third-order valence-corrected chi connectivity index (χ3v) is 5.66. The van der Waals surface area contributed by atoms with Gasteiger partial charge in [0.15, 0.2) is 6.61 Å². The van der Waals surface area contributed by atoms with Crippen LogP contribution in [-0.4, -0.2) is 47.8 Å². The average Bonchev–Trinajstić information content (AvgIpc) is 2.67. The maximum atomic E-state index is 12.2. The molecule has 4 nitrogen and oxygen atoms in total. The summed E-state index contributed by atoms with van der Waals surface area (Å²) < 4.78 is 5.27. The van der Waals surface area contributed by atoms with E-state index in [0.717, 1.165) is 44.3 Å². The number of rotatable bonds is 7. The van der Waals surface area contributed by atoms with Crippen molar-refractivity contribution < 1.29 is 14.6 Å². The monoisotopic (exact) mass is 359 g/mol. The van der Waals surface area contributed by atoms with E-state index in [4.69, 9.17) is 4.74 Å². The number of carbonyl (C=O) groups is 1. The van der Waals surface area contributed by atoms with Crippen molar-refractivity contribution in [1.82, 2.24) is 4.90 Å². The van der Waals surface area contributed by atoms with Gasteiger partial charge in [-0.1, -0.05) is 63.2 Å². The van der Waals surface area contributed by atoms with E-state index >= 15 is 0 Å². The van der Waals surface area contributed by atoms with Crippen molar-refractivity contribution in [2.24, 2.45) is 5.92 Å². The molecule has 1 saturated carbocycles. The van der Waals surface area contributed by atoms with Crippen LogP contribution in [0.2, 0.25) is 0 Å². The van der Waals surface area contributed by atoms with Crippen LogP contribution < -0.4 is 0 Å². The largest absolute Gasteiger partial charge is 0.452 e. The molecule has 144 valence electrons. The summed E-state index contributed by atoms with van der Waals surface area (Å²) in [6, 6.07) is 0. The second-order valence-electron chi connectivity index (χ2n) is 7.24. The second kappa shape index (κ2) is 10.5. The lowest BCUT2D eigenvalue weighted by Crippen LogP contribution is -2.42. The van der Waals surface area contributed by atoms with Crippen LogP contribution in [0.3, 0.4) is 0 Å².